The summed E-state index contributed by atoms with van der Waals surface area (Å²) in [6.07, 6.45) is -5.19. The fraction of sp³-hybridized carbons (Fsp3) is 0.800. The van der Waals surface area contributed by atoms with Crippen molar-refractivity contribution < 1.29 is 47.8 Å². The molecule has 0 aliphatic heterocycles. The van der Waals surface area contributed by atoms with Gasteiger partial charge in [-0.1, -0.05) is 41.5 Å². The molecule has 26 heavy (non-hydrogen) atoms. The van der Waals surface area contributed by atoms with Crippen molar-refractivity contribution in [2.24, 2.45) is 17.8 Å². The summed E-state index contributed by atoms with van der Waals surface area (Å²) in [6, 6.07) is 0. The van der Waals surface area contributed by atoms with E-state index in [0.29, 0.717) is 0 Å². The lowest BCUT2D eigenvalue weighted by atomic mass is 10.1. The smallest absolute Gasteiger partial charge is 0.381 e. The number of hydrogen-bond acceptors (Lipinski definition) is 10. The van der Waals surface area contributed by atoms with Crippen LogP contribution in [-0.2, 0) is 32.5 Å². The first-order valence-electron chi connectivity index (χ1n) is 8.06. The van der Waals surface area contributed by atoms with Crippen LogP contribution in [0.25, 0.3) is 0 Å². The molecule has 0 rings (SSSR count). The first-order valence-corrected chi connectivity index (χ1v) is 9.52. The molecule has 0 aromatic carbocycles. The van der Waals surface area contributed by atoms with E-state index in [2.05, 4.69) is 13.6 Å². The second-order valence-corrected chi connectivity index (χ2v) is 8.19. The highest BCUT2D eigenvalue weighted by Gasteiger charge is 2.44. The van der Waals surface area contributed by atoms with E-state index in [9.17, 15) is 34.3 Å². The van der Waals surface area contributed by atoms with Crippen LogP contribution in [-0.4, -0.2) is 51.5 Å². The standard InChI is InChI=1S/C15H27O10P/c1-7(2)10(16)13(19)23-26(22,24-14(20)11(17)8(3)4)25-15(21)12(18)9(5)6/h7-12,16-18H,1-6H3. The molecule has 0 heterocycles. The molecule has 10 nitrogen and oxygen atoms in total. The molecule has 0 aliphatic rings. The van der Waals surface area contributed by atoms with Gasteiger partial charge in [-0.2, -0.15) is 4.57 Å². The first-order chi connectivity index (χ1) is 11.7. The van der Waals surface area contributed by atoms with Gasteiger partial charge < -0.3 is 28.9 Å². The Bertz CT molecular complexity index is 481. The van der Waals surface area contributed by atoms with Crippen molar-refractivity contribution in [3.63, 3.8) is 0 Å². The Balaban J connectivity index is 5.51. The van der Waals surface area contributed by atoms with Gasteiger partial charge in [0.1, 0.15) is 0 Å². The van der Waals surface area contributed by atoms with Crippen molar-refractivity contribution in [3.8, 4) is 0 Å². The first kappa shape index (κ1) is 24.5. The van der Waals surface area contributed by atoms with Crippen LogP contribution in [0, 0.1) is 17.8 Å². The highest BCUT2D eigenvalue weighted by molar-refractivity contribution is 7.50. The van der Waals surface area contributed by atoms with E-state index in [1.165, 1.54) is 41.5 Å². The Kier molecular flexibility index (Phi) is 9.44. The van der Waals surface area contributed by atoms with Crippen LogP contribution in [0.1, 0.15) is 41.5 Å². The fourth-order valence-corrected chi connectivity index (χ4v) is 2.46. The number of carbonyl (C=O) groups is 3. The fourth-order valence-electron chi connectivity index (χ4n) is 1.36. The zero-order chi connectivity index (χ0) is 20.8. The Morgan fingerprint density at radius 2 is 0.808 bits per heavy atom. The van der Waals surface area contributed by atoms with Gasteiger partial charge in [-0.15, -0.1) is 0 Å². The maximum Gasteiger partial charge on any atom is 0.654 e. The average Bonchev–Trinajstić information content (AvgIpc) is 2.51. The number of aliphatic hydroxyl groups is 3. The number of carbonyl (C=O) groups excluding carboxylic acids is 3. The van der Waals surface area contributed by atoms with Crippen molar-refractivity contribution in [1.82, 2.24) is 0 Å². The van der Waals surface area contributed by atoms with Gasteiger partial charge in [-0.05, 0) is 17.8 Å². The summed E-state index contributed by atoms with van der Waals surface area (Å²) in [7, 11) is -5.20. The quantitative estimate of drug-likeness (QED) is 0.474. The summed E-state index contributed by atoms with van der Waals surface area (Å²) in [5.74, 6) is -6.27. The summed E-state index contributed by atoms with van der Waals surface area (Å²) >= 11 is 0. The Labute approximate surface area is 152 Å². The number of rotatable bonds is 9. The predicted molar refractivity (Wildman–Crippen MR) is 88.4 cm³/mol. The van der Waals surface area contributed by atoms with Crippen molar-refractivity contribution in [2.45, 2.75) is 59.9 Å². The number of phosphoric acid groups is 1. The summed E-state index contributed by atoms with van der Waals surface area (Å²) in [5, 5.41) is 28.9. The molecule has 0 saturated carbocycles. The zero-order valence-electron chi connectivity index (χ0n) is 15.6. The molecule has 0 spiro atoms. The zero-order valence-corrected chi connectivity index (χ0v) is 16.5. The van der Waals surface area contributed by atoms with E-state index >= 15 is 0 Å². The minimum Gasteiger partial charge on any atom is -0.381 e. The van der Waals surface area contributed by atoms with Gasteiger partial charge in [-0.25, -0.2) is 14.4 Å². The predicted octanol–water partition coefficient (Wildman–Crippen LogP) is 0.775. The van der Waals surface area contributed by atoms with Gasteiger partial charge in [-0.3, -0.25) is 0 Å². The molecule has 0 amide bonds. The second kappa shape index (κ2) is 10.0. The van der Waals surface area contributed by atoms with Gasteiger partial charge in [0.15, 0.2) is 18.3 Å². The Hall–Kier alpha value is -1.48. The largest absolute Gasteiger partial charge is 0.654 e. The summed E-state index contributed by atoms with van der Waals surface area (Å²) in [6.45, 7) is 8.75. The number of phosphoric ester groups is 1. The van der Waals surface area contributed by atoms with E-state index in [1.54, 1.807) is 0 Å². The minimum absolute atomic E-state index is 0.634. The maximum absolute atomic E-state index is 12.6. The van der Waals surface area contributed by atoms with Crippen molar-refractivity contribution >= 4 is 25.7 Å². The van der Waals surface area contributed by atoms with Crippen molar-refractivity contribution in [1.29, 1.82) is 0 Å². The topological polar surface area (TPSA) is 157 Å². The Morgan fingerprint density at radius 1 is 0.615 bits per heavy atom. The van der Waals surface area contributed by atoms with Crippen LogP contribution >= 0.6 is 7.82 Å². The molecule has 0 fully saturated rings. The number of hydrogen-bond donors (Lipinski definition) is 3. The molecule has 0 bridgehead atoms. The van der Waals surface area contributed by atoms with Crippen LogP contribution in [0.3, 0.4) is 0 Å². The van der Waals surface area contributed by atoms with Crippen LogP contribution < -0.4 is 0 Å². The summed E-state index contributed by atoms with van der Waals surface area (Å²) in [4.78, 5) is 35.5. The molecular weight excluding hydrogens is 371 g/mol. The summed E-state index contributed by atoms with van der Waals surface area (Å²) in [5.41, 5.74) is 0. The normalized spacial score (nSPS) is 17.4. The molecule has 3 N–H and O–H groups in total. The van der Waals surface area contributed by atoms with Crippen LogP contribution in [0.5, 0.6) is 0 Å². The molecule has 0 saturated heterocycles. The third-order valence-electron chi connectivity index (χ3n) is 3.22. The van der Waals surface area contributed by atoms with Crippen LogP contribution in [0.4, 0.5) is 0 Å². The van der Waals surface area contributed by atoms with Gasteiger partial charge in [0, 0.05) is 0 Å². The number of aliphatic hydroxyl groups excluding tert-OH is 3. The van der Waals surface area contributed by atoms with E-state index < -0.39 is 61.8 Å². The van der Waals surface area contributed by atoms with E-state index in [-0.39, 0.29) is 0 Å². The van der Waals surface area contributed by atoms with E-state index in [4.69, 9.17) is 0 Å². The monoisotopic (exact) mass is 398 g/mol. The molecular formula is C15H27O10P. The molecule has 152 valence electrons. The highest BCUT2D eigenvalue weighted by atomic mass is 31.2. The molecule has 3 unspecified atom stereocenters. The lowest BCUT2D eigenvalue weighted by molar-refractivity contribution is -0.157. The Morgan fingerprint density at radius 3 is 0.962 bits per heavy atom. The third kappa shape index (κ3) is 7.41. The molecule has 0 aromatic rings. The van der Waals surface area contributed by atoms with Crippen LogP contribution in [0.2, 0.25) is 0 Å². The van der Waals surface area contributed by atoms with Gasteiger partial charge in [0.25, 0.3) is 0 Å². The lowest BCUT2D eigenvalue weighted by Crippen LogP contribution is -2.33. The summed E-state index contributed by atoms with van der Waals surface area (Å²) < 4.78 is 25.8. The van der Waals surface area contributed by atoms with Crippen LogP contribution in [0.15, 0.2) is 0 Å². The lowest BCUT2D eigenvalue weighted by Gasteiger charge is -2.22. The second-order valence-electron chi connectivity index (χ2n) is 6.74. The molecule has 11 heteroatoms. The van der Waals surface area contributed by atoms with Gasteiger partial charge >= 0.3 is 25.7 Å². The molecule has 0 aromatic heterocycles. The SMILES string of the molecule is CC(C)C(O)C(=O)OP(=O)(OC(=O)C(O)C(C)C)OC(=O)C(O)C(C)C. The molecule has 3 atom stereocenters. The molecule has 0 aliphatic carbocycles. The maximum atomic E-state index is 12.6. The average molecular weight is 398 g/mol. The van der Waals surface area contributed by atoms with Gasteiger partial charge in [0.05, 0.1) is 0 Å². The third-order valence-corrected chi connectivity index (χ3v) is 4.43. The van der Waals surface area contributed by atoms with E-state index in [0.717, 1.165) is 0 Å². The highest BCUT2D eigenvalue weighted by Crippen LogP contribution is 2.51. The van der Waals surface area contributed by atoms with Crippen molar-refractivity contribution in [2.75, 3.05) is 0 Å². The van der Waals surface area contributed by atoms with Crippen molar-refractivity contribution in [3.05, 3.63) is 0 Å². The van der Waals surface area contributed by atoms with Gasteiger partial charge in [0.2, 0.25) is 0 Å². The van der Waals surface area contributed by atoms with E-state index in [1.807, 2.05) is 0 Å². The molecule has 0 radical (unpaired) electrons. The minimum atomic E-state index is -5.20.